The maximum Gasteiger partial charge on any atom is 0.357 e. The van der Waals surface area contributed by atoms with Crippen LogP contribution in [0.4, 0.5) is 0 Å². The monoisotopic (exact) mass is 484 g/mol. The summed E-state index contributed by atoms with van der Waals surface area (Å²) in [7, 11) is 7.38. The van der Waals surface area contributed by atoms with E-state index in [0.717, 1.165) is 0 Å². The van der Waals surface area contributed by atoms with Crippen molar-refractivity contribution in [3.8, 4) is 34.1 Å². The van der Waals surface area contributed by atoms with Crippen molar-refractivity contribution in [3.05, 3.63) is 46.4 Å². The van der Waals surface area contributed by atoms with Crippen LogP contribution in [-0.2, 0) is 9.47 Å². The van der Waals surface area contributed by atoms with E-state index in [2.05, 4.69) is 0 Å². The van der Waals surface area contributed by atoms with Crippen molar-refractivity contribution in [2.45, 2.75) is 0 Å². The molecule has 1 aliphatic heterocycles. The number of nitrogens with zero attached hydrogens (tertiary/aromatic N) is 2. The lowest BCUT2D eigenvalue weighted by atomic mass is 9.96. The smallest absolute Gasteiger partial charge is 0.357 e. The fourth-order valence-electron chi connectivity index (χ4n) is 4.26. The number of hydrogen-bond donors (Lipinski definition) is 0. The molecular formula is C25H28N2O8. The molecule has 0 amide bonds. The fraction of sp³-hybridized carbons (Fsp3) is 0.360. The Kier molecular flexibility index (Phi) is 7.02. The van der Waals surface area contributed by atoms with Crippen LogP contribution in [-0.4, -0.2) is 72.5 Å². The standard InChI is InChI=1S/C25H28N2O8/c1-30-16-10-15(11-17(12-16)31-2)22-18-13-20(32-3)21(33-4)14-19(18)24(28)27(23(22)25(29)34-5)26-6-8-35-9-7-26/h10-14H,6-9H2,1-5H3. The van der Waals surface area contributed by atoms with E-state index in [-0.39, 0.29) is 11.3 Å². The molecule has 1 saturated heterocycles. The highest BCUT2D eigenvalue weighted by Gasteiger charge is 2.29. The summed E-state index contributed by atoms with van der Waals surface area (Å²) in [6.07, 6.45) is 0. The van der Waals surface area contributed by atoms with Crippen LogP contribution in [0, 0.1) is 0 Å². The molecule has 0 N–H and O–H groups in total. The lowest BCUT2D eigenvalue weighted by molar-refractivity contribution is 0.0580. The maximum absolute atomic E-state index is 13.9. The Balaban J connectivity index is 2.21. The molecule has 2 heterocycles. The summed E-state index contributed by atoms with van der Waals surface area (Å²) in [6.45, 7) is 1.67. The predicted molar refractivity (Wildman–Crippen MR) is 130 cm³/mol. The maximum atomic E-state index is 13.9. The van der Waals surface area contributed by atoms with E-state index in [4.69, 9.17) is 28.4 Å². The van der Waals surface area contributed by atoms with Crippen LogP contribution >= 0.6 is 0 Å². The van der Waals surface area contributed by atoms with Gasteiger partial charge >= 0.3 is 5.97 Å². The van der Waals surface area contributed by atoms with E-state index in [9.17, 15) is 9.59 Å². The van der Waals surface area contributed by atoms with E-state index in [0.29, 0.717) is 71.2 Å². The van der Waals surface area contributed by atoms with E-state index in [1.54, 1.807) is 49.6 Å². The van der Waals surface area contributed by atoms with Gasteiger partial charge in [0.2, 0.25) is 0 Å². The van der Waals surface area contributed by atoms with Crippen molar-refractivity contribution in [2.75, 3.05) is 66.9 Å². The lowest BCUT2D eigenvalue weighted by Crippen LogP contribution is -2.51. The van der Waals surface area contributed by atoms with Crippen molar-refractivity contribution < 1.29 is 33.2 Å². The van der Waals surface area contributed by atoms with E-state index >= 15 is 0 Å². The van der Waals surface area contributed by atoms with Gasteiger partial charge in [-0.25, -0.2) is 9.47 Å². The summed E-state index contributed by atoms with van der Waals surface area (Å²) in [5.41, 5.74) is 0.758. The van der Waals surface area contributed by atoms with Crippen molar-refractivity contribution in [2.24, 2.45) is 0 Å². The Labute approximate surface area is 202 Å². The van der Waals surface area contributed by atoms with Crippen LogP contribution in [0.3, 0.4) is 0 Å². The van der Waals surface area contributed by atoms with Gasteiger partial charge in [-0.15, -0.1) is 0 Å². The van der Waals surface area contributed by atoms with Gasteiger partial charge in [-0.3, -0.25) is 4.79 Å². The number of methoxy groups -OCH3 is 5. The summed E-state index contributed by atoms with van der Waals surface area (Å²) >= 11 is 0. The van der Waals surface area contributed by atoms with Crippen molar-refractivity contribution in [1.29, 1.82) is 0 Å². The molecule has 3 aromatic rings. The molecule has 0 atom stereocenters. The van der Waals surface area contributed by atoms with E-state index in [1.807, 2.05) is 0 Å². The van der Waals surface area contributed by atoms with Gasteiger partial charge in [-0.1, -0.05) is 0 Å². The third-order valence-corrected chi connectivity index (χ3v) is 5.95. The number of carbonyl (C=O) groups is 1. The Morgan fingerprint density at radius 3 is 1.89 bits per heavy atom. The molecular weight excluding hydrogens is 456 g/mol. The summed E-state index contributed by atoms with van der Waals surface area (Å²) in [4.78, 5) is 27.2. The number of aromatic nitrogens is 1. The number of esters is 1. The second-order valence-electron chi connectivity index (χ2n) is 7.75. The molecule has 186 valence electrons. The zero-order chi connectivity index (χ0) is 25.1. The Hall–Kier alpha value is -3.92. The van der Waals surface area contributed by atoms with Crippen molar-refractivity contribution >= 4 is 16.7 Å². The average molecular weight is 485 g/mol. The molecule has 0 unspecified atom stereocenters. The van der Waals surface area contributed by atoms with Crippen LogP contribution in [0.1, 0.15) is 10.5 Å². The molecule has 35 heavy (non-hydrogen) atoms. The minimum Gasteiger partial charge on any atom is -0.497 e. The largest absolute Gasteiger partial charge is 0.497 e. The first-order valence-electron chi connectivity index (χ1n) is 11.0. The second-order valence-corrected chi connectivity index (χ2v) is 7.75. The van der Waals surface area contributed by atoms with Crippen LogP contribution in [0.15, 0.2) is 35.1 Å². The zero-order valence-corrected chi connectivity index (χ0v) is 20.4. The number of benzene rings is 2. The second kappa shape index (κ2) is 10.1. The van der Waals surface area contributed by atoms with E-state index < -0.39 is 5.97 Å². The molecule has 2 aromatic carbocycles. The summed E-state index contributed by atoms with van der Waals surface area (Å²) in [6, 6.07) is 8.58. The molecule has 0 radical (unpaired) electrons. The van der Waals surface area contributed by atoms with Gasteiger partial charge in [0.05, 0.1) is 67.2 Å². The summed E-state index contributed by atoms with van der Waals surface area (Å²) in [5, 5.41) is 2.63. The SMILES string of the molecule is COC(=O)c1c(-c2cc(OC)cc(OC)c2)c2cc(OC)c(OC)cc2c(=O)n1N1CCOCC1. The fourth-order valence-corrected chi connectivity index (χ4v) is 4.26. The molecule has 1 aliphatic rings. The minimum atomic E-state index is -0.665. The Morgan fingerprint density at radius 1 is 0.800 bits per heavy atom. The normalized spacial score (nSPS) is 13.5. The molecule has 0 aliphatic carbocycles. The van der Waals surface area contributed by atoms with Crippen molar-refractivity contribution in [3.63, 3.8) is 0 Å². The van der Waals surface area contributed by atoms with Gasteiger partial charge in [0.1, 0.15) is 11.5 Å². The van der Waals surface area contributed by atoms with Crippen LogP contribution in [0.25, 0.3) is 21.9 Å². The highest BCUT2D eigenvalue weighted by atomic mass is 16.5. The Morgan fingerprint density at radius 2 is 1.37 bits per heavy atom. The molecule has 4 rings (SSSR count). The topological polar surface area (TPSA) is 97.7 Å². The molecule has 10 nitrogen and oxygen atoms in total. The van der Waals surface area contributed by atoms with Gasteiger partial charge < -0.3 is 33.4 Å². The molecule has 1 aromatic heterocycles. The minimum absolute atomic E-state index is 0.0782. The third kappa shape index (κ3) is 4.32. The highest BCUT2D eigenvalue weighted by molar-refractivity contribution is 6.07. The van der Waals surface area contributed by atoms with Crippen LogP contribution in [0.2, 0.25) is 0 Å². The summed E-state index contributed by atoms with van der Waals surface area (Å²) in [5.74, 6) is 1.18. The van der Waals surface area contributed by atoms with Gasteiger partial charge in [0, 0.05) is 17.0 Å². The average Bonchev–Trinajstić information content (AvgIpc) is 2.91. The highest BCUT2D eigenvalue weighted by Crippen LogP contribution is 2.40. The van der Waals surface area contributed by atoms with Gasteiger partial charge in [0.25, 0.3) is 5.56 Å². The van der Waals surface area contributed by atoms with Crippen LogP contribution < -0.4 is 29.5 Å². The quantitative estimate of drug-likeness (QED) is 0.469. The number of rotatable bonds is 7. The van der Waals surface area contributed by atoms with Crippen molar-refractivity contribution in [1.82, 2.24) is 4.68 Å². The summed E-state index contributed by atoms with van der Waals surface area (Å²) < 4.78 is 33.9. The van der Waals surface area contributed by atoms with Gasteiger partial charge in [-0.05, 0) is 29.8 Å². The number of ether oxygens (including phenoxy) is 6. The first-order chi connectivity index (χ1) is 17.0. The zero-order valence-electron chi connectivity index (χ0n) is 20.4. The molecule has 10 heteroatoms. The number of fused-ring (bicyclic) bond motifs is 1. The first-order valence-corrected chi connectivity index (χ1v) is 11.0. The van der Waals surface area contributed by atoms with Crippen LogP contribution in [0.5, 0.6) is 23.0 Å². The lowest BCUT2D eigenvalue weighted by Gasteiger charge is -2.33. The van der Waals surface area contributed by atoms with E-state index in [1.165, 1.54) is 26.0 Å². The van der Waals surface area contributed by atoms with Gasteiger partial charge in [0.15, 0.2) is 17.2 Å². The number of carbonyl (C=O) groups excluding carboxylic acids is 1. The molecule has 0 saturated carbocycles. The molecule has 0 bridgehead atoms. The molecule has 0 spiro atoms. The predicted octanol–water partition coefficient (Wildman–Crippen LogP) is 2.46. The first kappa shape index (κ1) is 24.2. The Bertz CT molecular complexity index is 1290. The van der Waals surface area contributed by atoms with Gasteiger partial charge in [-0.2, -0.15) is 0 Å². The number of pyridine rings is 1. The number of hydrogen-bond acceptors (Lipinski definition) is 9. The number of morpholine rings is 1. The molecule has 1 fully saturated rings. The third-order valence-electron chi connectivity index (χ3n) is 5.95.